The molecule has 2 aromatic carbocycles. The second-order valence-electron chi connectivity index (χ2n) is 5.12. The molecule has 0 spiro atoms. The Morgan fingerprint density at radius 1 is 1.04 bits per heavy atom. The summed E-state index contributed by atoms with van der Waals surface area (Å²) in [6, 6.07) is 13.7. The van der Waals surface area contributed by atoms with Crippen molar-refractivity contribution < 1.29 is 9.21 Å². The number of anilines is 1. The second kappa shape index (κ2) is 8.00. The molecule has 3 aromatic rings. The zero-order valence-corrected chi connectivity index (χ0v) is 14.5. The first-order chi connectivity index (χ1) is 12.1. The van der Waals surface area contributed by atoms with Crippen molar-refractivity contribution in [3.8, 4) is 11.5 Å². The lowest BCUT2D eigenvalue weighted by atomic mass is 10.2. The van der Waals surface area contributed by atoms with Crippen molar-refractivity contribution in [1.29, 1.82) is 0 Å². The third kappa shape index (κ3) is 4.71. The summed E-state index contributed by atoms with van der Waals surface area (Å²) in [5.74, 6) is 0.771. The van der Waals surface area contributed by atoms with Crippen molar-refractivity contribution in [1.82, 2.24) is 15.5 Å². The van der Waals surface area contributed by atoms with Crippen LogP contribution in [-0.2, 0) is 6.42 Å². The van der Waals surface area contributed by atoms with E-state index in [1.807, 2.05) is 12.1 Å². The summed E-state index contributed by atoms with van der Waals surface area (Å²) < 4.78 is 5.57. The number of carbonyl (C=O) groups excluding carboxylic acids is 1. The molecule has 3 rings (SSSR count). The zero-order valence-electron chi connectivity index (χ0n) is 13.0. The van der Waals surface area contributed by atoms with Gasteiger partial charge in [0.2, 0.25) is 11.8 Å². The predicted molar refractivity (Wildman–Crippen MR) is 96.9 cm³/mol. The Kier molecular flexibility index (Phi) is 5.53. The van der Waals surface area contributed by atoms with E-state index in [4.69, 9.17) is 27.6 Å². The molecule has 2 N–H and O–H groups in total. The number of nitrogens with one attached hydrogen (secondary N) is 2. The fraction of sp³-hybridized carbons (Fsp3) is 0.118. The van der Waals surface area contributed by atoms with E-state index in [0.29, 0.717) is 46.0 Å². The van der Waals surface area contributed by atoms with Gasteiger partial charge in [0.15, 0.2) is 0 Å². The summed E-state index contributed by atoms with van der Waals surface area (Å²) in [5.41, 5.74) is 1.33. The van der Waals surface area contributed by atoms with Gasteiger partial charge in [-0.25, -0.2) is 4.79 Å². The van der Waals surface area contributed by atoms with Gasteiger partial charge in [-0.15, -0.1) is 10.2 Å². The number of carbonyl (C=O) groups is 1. The molecule has 25 heavy (non-hydrogen) atoms. The molecule has 0 atom stereocenters. The Bertz CT molecular complexity index is 865. The third-order valence-electron chi connectivity index (χ3n) is 3.30. The van der Waals surface area contributed by atoms with E-state index >= 15 is 0 Å². The van der Waals surface area contributed by atoms with Crippen molar-refractivity contribution in [2.75, 3.05) is 11.9 Å². The minimum Gasteiger partial charge on any atom is -0.421 e. The molecule has 0 unspecified atom stereocenters. The lowest BCUT2D eigenvalue weighted by molar-refractivity contribution is 0.252. The monoisotopic (exact) mass is 376 g/mol. The fourth-order valence-corrected chi connectivity index (χ4v) is 2.43. The maximum absolute atomic E-state index is 11.8. The Balaban J connectivity index is 1.50. The smallest absolute Gasteiger partial charge is 0.319 e. The molecule has 0 saturated carbocycles. The molecule has 0 fully saturated rings. The van der Waals surface area contributed by atoms with Crippen LogP contribution in [0.5, 0.6) is 0 Å². The molecule has 0 saturated heterocycles. The standard InChI is InChI=1S/C17H14Cl2N4O2/c18-11-5-7-12(8-6-11)21-17(24)20-10-9-15-22-23-16(25-15)13-3-1-2-4-14(13)19/h1-8H,9-10H2,(H2,20,21,24). The molecule has 0 aliphatic carbocycles. The minimum absolute atomic E-state index is 0.326. The SMILES string of the molecule is O=C(NCCc1nnc(-c2ccccc2Cl)o1)Nc1ccc(Cl)cc1. The van der Waals surface area contributed by atoms with E-state index in [-0.39, 0.29) is 6.03 Å². The van der Waals surface area contributed by atoms with Crippen molar-refractivity contribution in [3.63, 3.8) is 0 Å². The van der Waals surface area contributed by atoms with Crippen LogP contribution in [0.3, 0.4) is 0 Å². The van der Waals surface area contributed by atoms with Crippen molar-refractivity contribution in [2.45, 2.75) is 6.42 Å². The summed E-state index contributed by atoms with van der Waals surface area (Å²) >= 11 is 11.9. The van der Waals surface area contributed by atoms with E-state index in [2.05, 4.69) is 20.8 Å². The highest BCUT2D eigenvalue weighted by Gasteiger charge is 2.11. The van der Waals surface area contributed by atoms with Crippen LogP contribution in [0.2, 0.25) is 10.0 Å². The Morgan fingerprint density at radius 3 is 2.56 bits per heavy atom. The Morgan fingerprint density at radius 2 is 1.80 bits per heavy atom. The molecule has 0 aliphatic heterocycles. The molecule has 1 aromatic heterocycles. The van der Waals surface area contributed by atoms with E-state index in [9.17, 15) is 4.79 Å². The highest BCUT2D eigenvalue weighted by atomic mass is 35.5. The van der Waals surface area contributed by atoms with E-state index in [1.54, 1.807) is 36.4 Å². The van der Waals surface area contributed by atoms with Crippen molar-refractivity contribution >= 4 is 34.9 Å². The summed E-state index contributed by atoms with van der Waals surface area (Å²) in [6.45, 7) is 0.351. The van der Waals surface area contributed by atoms with Crippen LogP contribution < -0.4 is 10.6 Å². The van der Waals surface area contributed by atoms with Gasteiger partial charge in [-0.05, 0) is 36.4 Å². The normalized spacial score (nSPS) is 10.5. The van der Waals surface area contributed by atoms with Gasteiger partial charge < -0.3 is 15.1 Å². The number of nitrogens with zero attached hydrogens (tertiary/aromatic N) is 2. The van der Waals surface area contributed by atoms with E-state index < -0.39 is 0 Å². The van der Waals surface area contributed by atoms with Gasteiger partial charge in [0.1, 0.15) is 0 Å². The largest absolute Gasteiger partial charge is 0.421 e. The maximum Gasteiger partial charge on any atom is 0.319 e. The average Bonchev–Trinajstić information content (AvgIpc) is 3.06. The fourth-order valence-electron chi connectivity index (χ4n) is 2.09. The number of urea groups is 1. The predicted octanol–water partition coefficient (Wildman–Crippen LogP) is 4.41. The quantitative estimate of drug-likeness (QED) is 0.690. The molecule has 2 amide bonds. The number of amides is 2. The average molecular weight is 377 g/mol. The summed E-state index contributed by atoms with van der Waals surface area (Å²) in [5, 5.41) is 14.5. The number of hydrogen-bond acceptors (Lipinski definition) is 4. The molecule has 0 radical (unpaired) electrons. The number of halogens is 2. The van der Waals surface area contributed by atoms with Crippen molar-refractivity contribution in [3.05, 3.63) is 64.5 Å². The zero-order chi connectivity index (χ0) is 17.6. The van der Waals surface area contributed by atoms with Gasteiger partial charge in [0, 0.05) is 23.7 Å². The third-order valence-corrected chi connectivity index (χ3v) is 3.88. The lowest BCUT2D eigenvalue weighted by Gasteiger charge is -2.06. The van der Waals surface area contributed by atoms with Crippen LogP contribution in [0.4, 0.5) is 10.5 Å². The molecular weight excluding hydrogens is 363 g/mol. The molecule has 1 heterocycles. The number of rotatable bonds is 5. The highest BCUT2D eigenvalue weighted by molar-refractivity contribution is 6.33. The van der Waals surface area contributed by atoms with Crippen LogP contribution in [0.15, 0.2) is 52.9 Å². The Hall–Kier alpha value is -2.57. The molecular formula is C17H14Cl2N4O2. The summed E-state index contributed by atoms with van der Waals surface area (Å²) in [6.07, 6.45) is 0.408. The van der Waals surface area contributed by atoms with Gasteiger partial charge in [-0.2, -0.15) is 0 Å². The number of benzene rings is 2. The molecule has 128 valence electrons. The Labute approximate surface area is 154 Å². The first kappa shape index (κ1) is 17.3. The lowest BCUT2D eigenvalue weighted by Crippen LogP contribution is -2.30. The second-order valence-corrected chi connectivity index (χ2v) is 5.96. The van der Waals surface area contributed by atoms with Crippen LogP contribution >= 0.6 is 23.2 Å². The van der Waals surface area contributed by atoms with Crippen LogP contribution in [0.1, 0.15) is 5.89 Å². The molecule has 0 aliphatic rings. The first-order valence-electron chi connectivity index (χ1n) is 7.49. The maximum atomic E-state index is 11.8. The molecule has 8 heteroatoms. The highest BCUT2D eigenvalue weighted by Crippen LogP contribution is 2.26. The molecule has 0 bridgehead atoms. The first-order valence-corrected chi connectivity index (χ1v) is 8.25. The van der Waals surface area contributed by atoms with Gasteiger partial charge in [-0.1, -0.05) is 35.3 Å². The number of hydrogen-bond donors (Lipinski definition) is 2. The minimum atomic E-state index is -0.326. The summed E-state index contributed by atoms with van der Waals surface area (Å²) in [4.78, 5) is 11.8. The van der Waals surface area contributed by atoms with Gasteiger partial charge in [0.25, 0.3) is 0 Å². The van der Waals surface area contributed by atoms with Crippen LogP contribution in [-0.4, -0.2) is 22.8 Å². The van der Waals surface area contributed by atoms with Gasteiger partial charge in [0.05, 0.1) is 10.6 Å². The van der Waals surface area contributed by atoms with Gasteiger partial charge >= 0.3 is 6.03 Å². The van der Waals surface area contributed by atoms with E-state index in [1.165, 1.54) is 0 Å². The van der Waals surface area contributed by atoms with Gasteiger partial charge in [-0.3, -0.25) is 0 Å². The summed E-state index contributed by atoms with van der Waals surface area (Å²) in [7, 11) is 0. The number of aromatic nitrogens is 2. The van der Waals surface area contributed by atoms with Crippen LogP contribution in [0.25, 0.3) is 11.5 Å². The van der Waals surface area contributed by atoms with Crippen LogP contribution in [0, 0.1) is 0 Å². The van der Waals surface area contributed by atoms with E-state index in [0.717, 1.165) is 0 Å². The topological polar surface area (TPSA) is 80.1 Å². The molecule has 6 nitrogen and oxygen atoms in total. The van der Waals surface area contributed by atoms with Crippen molar-refractivity contribution in [2.24, 2.45) is 0 Å².